The molecular formula is C24H29N9O. The molecule has 1 aliphatic carbocycles. The highest BCUT2D eigenvalue weighted by molar-refractivity contribution is 5.86. The number of nitrogens with zero attached hydrogens (tertiary/aromatic N) is 8. The fraction of sp³-hybridized carbons (Fsp3) is 0.458. The molecule has 10 nitrogen and oxygen atoms in total. The van der Waals surface area contributed by atoms with Gasteiger partial charge < -0.3 is 9.88 Å². The number of carbonyl (C=O) groups is 1. The Labute approximate surface area is 197 Å². The molecule has 0 amide bonds. The maximum atomic E-state index is 12.1. The predicted molar refractivity (Wildman–Crippen MR) is 129 cm³/mol. The predicted octanol–water partition coefficient (Wildman–Crippen LogP) is 3.56. The van der Waals surface area contributed by atoms with E-state index < -0.39 is 0 Å². The summed E-state index contributed by atoms with van der Waals surface area (Å²) in [7, 11) is 0. The number of aryl methyl sites for hydroxylation is 2. The van der Waals surface area contributed by atoms with Crippen molar-refractivity contribution in [1.82, 2.24) is 39.3 Å². The Morgan fingerprint density at radius 2 is 1.97 bits per heavy atom. The molecule has 0 fully saturated rings. The largest absolute Gasteiger partial charge is 0.365 e. The van der Waals surface area contributed by atoms with Crippen LogP contribution in [0.5, 0.6) is 0 Å². The molecule has 10 heteroatoms. The summed E-state index contributed by atoms with van der Waals surface area (Å²) in [5, 5.41) is 8.25. The van der Waals surface area contributed by atoms with Gasteiger partial charge >= 0.3 is 0 Å². The highest BCUT2D eigenvalue weighted by Gasteiger charge is 2.29. The van der Waals surface area contributed by atoms with Gasteiger partial charge in [-0.05, 0) is 44.6 Å². The lowest BCUT2D eigenvalue weighted by Crippen LogP contribution is -2.29. The second kappa shape index (κ2) is 8.58. The van der Waals surface area contributed by atoms with Crippen LogP contribution in [0.3, 0.4) is 0 Å². The van der Waals surface area contributed by atoms with Crippen LogP contribution in [-0.2, 0) is 19.4 Å². The number of carbonyl (C=O) groups excluding carboxylic acids is 1. The summed E-state index contributed by atoms with van der Waals surface area (Å²) in [6, 6.07) is 0.158. The van der Waals surface area contributed by atoms with E-state index in [1.807, 2.05) is 6.92 Å². The topological polar surface area (TPSA) is 116 Å². The van der Waals surface area contributed by atoms with Gasteiger partial charge in [0, 0.05) is 31.9 Å². The van der Waals surface area contributed by atoms with Gasteiger partial charge in [0.2, 0.25) is 5.91 Å². The highest BCUT2D eigenvalue weighted by atomic mass is 16.2. The molecule has 0 saturated heterocycles. The van der Waals surface area contributed by atoms with E-state index in [9.17, 15) is 4.79 Å². The summed E-state index contributed by atoms with van der Waals surface area (Å²) in [6.45, 7) is 10.4. The minimum Gasteiger partial charge on any atom is -0.365 e. The molecule has 0 bridgehead atoms. The molecule has 0 aliphatic heterocycles. The lowest BCUT2D eigenvalue weighted by atomic mass is 9.89. The van der Waals surface area contributed by atoms with E-state index in [-0.39, 0.29) is 17.9 Å². The summed E-state index contributed by atoms with van der Waals surface area (Å²) in [5.74, 6) is 2.42. The van der Waals surface area contributed by atoms with Gasteiger partial charge in [-0.2, -0.15) is 5.10 Å². The normalized spacial score (nSPS) is 15.6. The number of aromatic nitrogens is 8. The van der Waals surface area contributed by atoms with Crippen LogP contribution in [-0.4, -0.2) is 51.2 Å². The van der Waals surface area contributed by atoms with E-state index in [2.05, 4.69) is 55.7 Å². The molecule has 34 heavy (non-hydrogen) atoms. The van der Waals surface area contributed by atoms with Crippen molar-refractivity contribution >= 4 is 22.9 Å². The third-order valence-electron chi connectivity index (χ3n) is 6.37. The lowest BCUT2D eigenvalue weighted by Gasteiger charge is -2.25. The summed E-state index contributed by atoms with van der Waals surface area (Å²) < 4.78 is 3.64. The molecule has 0 saturated carbocycles. The molecule has 5 rings (SSSR count). The van der Waals surface area contributed by atoms with E-state index in [1.165, 1.54) is 5.56 Å². The number of hydrogen-bond acceptors (Lipinski definition) is 8. The highest BCUT2D eigenvalue weighted by Crippen LogP contribution is 2.32. The van der Waals surface area contributed by atoms with Crippen LogP contribution in [0, 0.1) is 6.92 Å². The molecule has 1 atom stereocenters. The molecule has 4 aromatic rings. The van der Waals surface area contributed by atoms with Crippen molar-refractivity contribution in [2.75, 3.05) is 5.32 Å². The fourth-order valence-electron chi connectivity index (χ4n) is 4.75. The van der Waals surface area contributed by atoms with Gasteiger partial charge in [0.15, 0.2) is 17.0 Å². The molecule has 4 heterocycles. The van der Waals surface area contributed by atoms with Crippen molar-refractivity contribution in [2.45, 2.75) is 72.4 Å². The van der Waals surface area contributed by atoms with Crippen LogP contribution in [0.25, 0.3) is 22.6 Å². The Balaban J connectivity index is 1.50. The molecule has 1 aliphatic rings. The number of hydrogen-bond donors (Lipinski definition) is 1. The Morgan fingerprint density at radius 1 is 1.21 bits per heavy atom. The van der Waals surface area contributed by atoms with Crippen molar-refractivity contribution < 1.29 is 4.79 Å². The Bertz CT molecular complexity index is 1370. The van der Waals surface area contributed by atoms with E-state index >= 15 is 0 Å². The van der Waals surface area contributed by atoms with E-state index in [1.54, 1.807) is 30.3 Å². The Morgan fingerprint density at radius 3 is 2.65 bits per heavy atom. The van der Waals surface area contributed by atoms with E-state index in [4.69, 9.17) is 4.98 Å². The minimum absolute atomic E-state index is 0.0372. The van der Waals surface area contributed by atoms with Crippen molar-refractivity contribution in [3.63, 3.8) is 0 Å². The standard InChI is InChI=1S/C24H29N9O/c1-6-32-23(16-10-25-14(4)26-11-16)30-21-22(27-12-28-24(21)32)29-17-7-8-19-18(9-17)20(13(2)3)31-33(19)15(5)34/h10-13,17H,6-9H2,1-5H3,(H,27,28,29)/t17-/m1/s1. The van der Waals surface area contributed by atoms with Gasteiger partial charge in [0.25, 0.3) is 0 Å². The average Bonchev–Trinajstić information content (AvgIpc) is 3.39. The third kappa shape index (κ3) is 3.72. The maximum absolute atomic E-state index is 12.1. The zero-order valence-corrected chi connectivity index (χ0v) is 20.2. The van der Waals surface area contributed by atoms with Crippen LogP contribution < -0.4 is 5.32 Å². The first kappa shape index (κ1) is 22.1. The quantitative estimate of drug-likeness (QED) is 0.481. The summed E-state index contributed by atoms with van der Waals surface area (Å²) in [4.78, 5) is 34.7. The van der Waals surface area contributed by atoms with E-state index in [0.717, 1.165) is 59.0 Å². The van der Waals surface area contributed by atoms with Crippen LogP contribution in [0.15, 0.2) is 18.7 Å². The van der Waals surface area contributed by atoms with Gasteiger partial charge in [-0.3, -0.25) is 4.79 Å². The van der Waals surface area contributed by atoms with Gasteiger partial charge in [-0.25, -0.2) is 29.6 Å². The second-order valence-corrected chi connectivity index (χ2v) is 9.07. The smallest absolute Gasteiger partial charge is 0.243 e. The molecular weight excluding hydrogens is 430 g/mol. The zero-order chi connectivity index (χ0) is 24.0. The number of imidazole rings is 1. The van der Waals surface area contributed by atoms with Crippen LogP contribution in [0.1, 0.15) is 67.6 Å². The second-order valence-electron chi connectivity index (χ2n) is 9.07. The molecule has 176 valence electrons. The minimum atomic E-state index is -0.0372. The fourth-order valence-corrected chi connectivity index (χ4v) is 4.75. The maximum Gasteiger partial charge on any atom is 0.243 e. The first-order valence-corrected chi connectivity index (χ1v) is 11.8. The van der Waals surface area contributed by atoms with E-state index in [0.29, 0.717) is 12.4 Å². The first-order valence-electron chi connectivity index (χ1n) is 11.8. The molecule has 4 aromatic heterocycles. The van der Waals surface area contributed by atoms with Crippen LogP contribution in [0.4, 0.5) is 5.82 Å². The lowest BCUT2D eigenvalue weighted by molar-refractivity contribution is 0.0916. The SMILES string of the molecule is CCn1c(-c2cnc(C)nc2)nc2c(N[C@@H]3CCc4c(c(C(C)C)nn4C(C)=O)C3)ncnc21. The number of fused-ring (bicyclic) bond motifs is 2. The van der Waals surface area contributed by atoms with Gasteiger partial charge in [-0.1, -0.05) is 13.8 Å². The van der Waals surface area contributed by atoms with Crippen LogP contribution >= 0.6 is 0 Å². The summed E-state index contributed by atoms with van der Waals surface area (Å²) in [5.41, 5.74) is 5.57. The average molecular weight is 460 g/mol. The Kier molecular flexibility index (Phi) is 5.59. The van der Waals surface area contributed by atoms with Crippen molar-refractivity contribution in [3.8, 4) is 11.4 Å². The van der Waals surface area contributed by atoms with Gasteiger partial charge in [-0.15, -0.1) is 0 Å². The number of nitrogens with one attached hydrogen (secondary N) is 1. The van der Waals surface area contributed by atoms with Gasteiger partial charge in [0.1, 0.15) is 18.0 Å². The van der Waals surface area contributed by atoms with Crippen LogP contribution in [0.2, 0.25) is 0 Å². The third-order valence-corrected chi connectivity index (χ3v) is 6.37. The molecule has 0 unspecified atom stereocenters. The number of rotatable bonds is 5. The summed E-state index contributed by atoms with van der Waals surface area (Å²) in [6.07, 6.45) is 7.61. The zero-order valence-electron chi connectivity index (χ0n) is 20.2. The van der Waals surface area contributed by atoms with Gasteiger partial charge in [0.05, 0.1) is 17.0 Å². The van der Waals surface area contributed by atoms with Crippen molar-refractivity contribution in [2.24, 2.45) is 0 Å². The Hall–Kier alpha value is -3.69. The van der Waals surface area contributed by atoms with Crippen molar-refractivity contribution in [3.05, 3.63) is 41.5 Å². The summed E-state index contributed by atoms with van der Waals surface area (Å²) >= 11 is 0. The monoisotopic (exact) mass is 459 g/mol. The first-order chi connectivity index (χ1) is 16.4. The van der Waals surface area contributed by atoms with Crippen molar-refractivity contribution in [1.29, 1.82) is 0 Å². The number of anilines is 1. The molecule has 1 N–H and O–H groups in total. The molecule has 0 spiro atoms. The molecule has 0 radical (unpaired) electrons. The molecule has 0 aromatic carbocycles.